The van der Waals surface area contributed by atoms with Gasteiger partial charge in [0.15, 0.2) is 16.6 Å². The number of carboxylic acid groups (broad SMARTS) is 1. The maximum atomic E-state index is 13.4. The van der Waals surface area contributed by atoms with E-state index in [1.54, 1.807) is 24.3 Å². The Morgan fingerprint density at radius 1 is 1.20 bits per heavy atom. The average molecular weight is 738 g/mol. The van der Waals surface area contributed by atoms with Gasteiger partial charge in [-0.05, 0) is 57.1 Å². The highest BCUT2D eigenvalue weighted by Gasteiger charge is 2.57. The van der Waals surface area contributed by atoms with E-state index in [1.807, 2.05) is 10.7 Å². The third-order valence-electron chi connectivity index (χ3n) is 7.62. The number of carbonyl (C=O) groups is 3. The molecular weight excluding hydrogens is 699 g/mol. The molecule has 1 amide bonds. The molecule has 0 aliphatic carbocycles. The van der Waals surface area contributed by atoms with Crippen molar-refractivity contribution in [1.82, 2.24) is 25.1 Å². The monoisotopic (exact) mass is 737 g/mol. The van der Waals surface area contributed by atoms with Gasteiger partial charge in [0.1, 0.15) is 18.1 Å². The summed E-state index contributed by atoms with van der Waals surface area (Å²) >= 11 is 0.982. The summed E-state index contributed by atoms with van der Waals surface area (Å²) in [6.07, 6.45) is -1.42. The van der Waals surface area contributed by atoms with Crippen molar-refractivity contribution in [2.75, 3.05) is 32.0 Å². The molecule has 0 spiro atoms. The van der Waals surface area contributed by atoms with E-state index in [-0.39, 0.29) is 10.8 Å². The zero-order valence-corrected chi connectivity index (χ0v) is 28.9. The fourth-order valence-electron chi connectivity index (χ4n) is 4.94. The molecule has 1 aliphatic heterocycles. The van der Waals surface area contributed by atoms with E-state index >= 15 is 0 Å². The van der Waals surface area contributed by atoms with Crippen molar-refractivity contribution in [3.8, 4) is 17.0 Å². The van der Waals surface area contributed by atoms with E-state index < -0.39 is 64.4 Å². The maximum absolute atomic E-state index is 13.4. The molecule has 0 unspecified atom stereocenters. The first-order valence-electron chi connectivity index (χ1n) is 15.3. The average Bonchev–Trinajstić information content (AvgIpc) is 3.68. The molecule has 9 N–H and O–H groups in total. The molecule has 4 rings (SSSR count). The number of ether oxygens (including phenoxy) is 1. The number of amides is 1. The maximum Gasteiger partial charge on any atom is 0.418 e. The Kier molecular flexibility index (Phi) is 12.6. The van der Waals surface area contributed by atoms with E-state index in [0.717, 1.165) is 34.7 Å². The fraction of sp³-hybridized carbons (Fsp3) is 0.448. The van der Waals surface area contributed by atoms with Crippen LogP contribution in [0.2, 0.25) is 0 Å². The Morgan fingerprint density at radius 2 is 1.92 bits per heavy atom. The van der Waals surface area contributed by atoms with Gasteiger partial charge in [0.05, 0.1) is 22.8 Å². The minimum absolute atomic E-state index is 0.0300. The van der Waals surface area contributed by atoms with Crippen LogP contribution in [0.5, 0.6) is 5.75 Å². The van der Waals surface area contributed by atoms with Crippen LogP contribution in [0.3, 0.4) is 0 Å². The van der Waals surface area contributed by atoms with E-state index in [9.17, 15) is 27.9 Å². The van der Waals surface area contributed by atoms with E-state index in [1.165, 1.54) is 19.2 Å². The molecule has 1 saturated heterocycles. The summed E-state index contributed by atoms with van der Waals surface area (Å²) in [6.45, 7) is 5.27. The second-order valence-corrected chi connectivity index (χ2v) is 13.5. The van der Waals surface area contributed by atoms with Crippen molar-refractivity contribution in [1.29, 1.82) is 0 Å². The number of thiazole rings is 1. The number of hydrogen-bond acceptors (Lipinski definition) is 16. The molecule has 3 aromatic rings. The molecule has 1 aromatic carbocycles. The van der Waals surface area contributed by atoms with Crippen molar-refractivity contribution in [3.05, 3.63) is 47.1 Å². The molecular formula is C29H39N9O10S2. The van der Waals surface area contributed by atoms with Gasteiger partial charge >= 0.3 is 16.4 Å². The molecule has 50 heavy (non-hydrogen) atoms. The first kappa shape index (κ1) is 38.3. The molecule has 2 aromatic heterocycles. The molecule has 21 heteroatoms. The van der Waals surface area contributed by atoms with Crippen LogP contribution in [-0.2, 0) is 47.0 Å². The van der Waals surface area contributed by atoms with Crippen LogP contribution in [0.4, 0.5) is 5.13 Å². The van der Waals surface area contributed by atoms with Crippen LogP contribution in [0.15, 0.2) is 40.9 Å². The van der Waals surface area contributed by atoms with Crippen LogP contribution in [0.1, 0.15) is 38.1 Å². The SMILES string of the molecule is CC1(C)[C@H](CC(=O)/C(=N\O[C@@H](COc2ccc(-c3cc(CNCCN)n(CCCN)n3)cc2)C(=O)O)c2csc(N)n2)C(=O)N1OS(=O)(=O)O. The number of rotatable bonds is 20. The van der Waals surface area contributed by atoms with Crippen molar-refractivity contribution in [2.24, 2.45) is 22.5 Å². The molecule has 0 saturated carbocycles. The number of aliphatic carboxylic acids is 1. The van der Waals surface area contributed by atoms with E-state index in [4.69, 9.17) is 36.4 Å². The third kappa shape index (κ3) is 9.59. The van der Waals surface area contributed by atoms with Crippen LogP contribution in [0.25, 0.3) is 11.3 Å². The van der Waals surface area contributed by atoms with Crippen LogP contribution >= 0.6 is 11.3 Å². The number of nitrogens with one attached hydrogen (secondary N) is 1. The zero-order valence-electron chi connectivity index (χ0n) is 27.2. The van der Waals surface area contributed by atoms with Crippen LogP contribution in [-0.4, -0.2) is 99.2 Å². The third-order valence-corrected chi connectivity index (χ3v) is 8.64. The lowest BCUT2D eigenvalue weighted by atomic mass is 9.74. The number of nitrogens with zero attached hydrogens (tertiary/aromatic N) is 5. The number of hydroxylamine groups is 2. The minimum Gasteiger partial charge on any atom is -0.489 e. The summed E-state index contributed by atoms with van der Waals surface area (Å²) in [7, 11) is -5.00. The lowest BCUT2D eigenvalue weighted by Gasteiger charge is -2.50. The largest absolute Gasteiger partial charge is 0.489 e. The summed E-state index contributed by atoms with van der Waals surface area (Å²) in [5, 5.41) is 23.5. The number of anilines is 1. The number of carbonyl (C=O) groups excluding carboxylic acids is 2. The van der Waals surface area contributed by atoms with Crippen molar-refractivity contribution >= 4 is 50.2 Å². The van der Waals surface area contributed by atoms with Gasteiger partial charge in [-0.15, -0.1) is 15.6 Å². The number of β-lactam (4-membered cyclic amide) rings is 1. The Bertz CT molecular complexity index is 1810. The first-order chi connectivity index (χ1) is 23.6. The summed E-state index contributed by atoms with van der Waals surface area (Å²) in [6, 6.07) is 8.78. The number of benzene rings is 1. The Morgan fingerprint density at radius 3 is 2.50 bits per heavy atom. The number of aryl methyl sites for hydroxylation is 1. The predicted octanol–water partition coefficient (Wildman–Crippen LogP) is 0.169. The number of hydrogen-bond donors (Lipinski definition) is 6. The Labute approximate surface area is 291 Å². The van der Waals surface area contributed by atoms with Crippen LogP contribution < -0.4 is 27.3 Å². The number of nitrogen functional groups attached to an aromatic ring is 1. The minimum atomic E-state index is -5.00. The highest BCUT2D eigenvalue weighted by atomic mass is 32.3. The van der Waals surface area contributed by atoms with Gasteiger partial charge in [-0.1, -0.05) is 5.16 Å². The normalized spacial score (nSPS) is 16.6. The molecule has 2 atom stereocenters. The van der Waals surface area contributed by atoms with E-state index in [0.29, 0.717) is 43.5 Å². The molecule has 0 radical (unpaired) electrons. The molecule has 1 fully saturated rings. The van der Waals surface area contributed by atoms with Gasteiger partial charge in [-0.25, -0.2) is 9.78 Å². The second kappa shape index (κ2) is 16.5. The highest BCUT2D eigenvalue weighted by Crippen LogP contribution is 2.40. The highest BCUT2D eigenvalue weighted by molar-refractivity contribution is 7.80. The van der Waals surface area contributed by atoms with Crippen molar-refractivity contribution in [2.45, 2.75) is 51.4 Å². The number of nitrogens with two attached hydrogens (primary N) is 3. The number of Topliss-reactive ketones (excluding diaryl/α,β-unsaturated/α-hetero) is 1. The fourth-order valence-corrected chi connectivity index (χ4v) is 5.94. The van der Waals surface area contributed by atoms with Gasteiger partial charge in [0.2, 0.25) is 0 Å². The van der Waals surface area contributed by atoms with Crippen molar-refractivity contribution in [3.63, 3.8) is 0 Å². The number of oxime groups is 1. The Hall–Kier alpha value is -4.51. The second-order valence-electron chi connectivity index (χ2n) is 11.6. The summed E-state index contributed by atoms with van der Waals surface area (Å²) in [4.78, 5) is 47.3. The molecule has 19 nitrogen and oxygen atoms in total. The van der Waals surface area contributed by atoms with Gasteiger partial charge < -0.3 is 37.2 Å². The molecule has 3 heterocycles. The smallest absolute Gasteiger partial charge is 0.418 e. The van der Waals surface area contributed by atoms with Crippen LogP contribution in [0, 0.1) is 5.92 Å². The van der Waals surface area contributed by atoms with E-state index in [2.05, 4.69) is 19.7 Å². The van der Waals surface area contributed by atoms with Gasteiger partial charge in [0.25, 0.3) is 12.0 Å². The Balaban J connectivity index is 1.44. The summed E-state index contributed by atoms with van der Waals surface area (Å²) < 4.78 is 43.1. The van der Waals surface area contributed by atoms with Gasteiger partial charge in [0, 0.05) is 43.5 Å². The molecule has 272 valence electrons. The molecule has 0 bridgehead atoms. The predicted molar refractivity (Wildman–Crippen MR) is 180 cm³/mol. The van der Waals surface area contributed by atoms with Crippen molar-refractivity contribution < 1.29 is 46.3 Å². The van der Waals surface area contributed by atoms with Gasteiger partial charge in [-0.2, -0.15) is 18.6 Å². The number of aromatic nitrogens is 3. The number of carboxylic acids is 1. The lowest BCUT2D eigenvalue weighted by molar-refractivity contribution is -0.228. The first-order valence-corrected chi connectivity index (χ1v) is 17.5. The number of ketones is 1. The standard InChI is InChI=1S/C29H39N9O10S2/c1-29(2)20(26(40)38(29)48-50(43,44)45)13-23(39)25(22-16-49-28(32)34-22)36-47-24(27(41)42)15-46-19-6-4-17(5-7-19)21-12-18(14-33-10-9-31)37(35-21)11-3-8-30/h4-7,12,16,20,24,33H,3,8-11,13-15,30-31H2,1-2H3,(H2,32,34)(H,41,42)(H,43,44,45)/b36-25-/t20-,24+/m1/s1. The zero-order chi connectivity index (χ0) is 36.6. The topological polar surface area (TPSA) is 290 Å². The summed E-state index contributed by atoms with van der Waals surface area (Å²) in [5.74, 6) is -3.87. The van der Waals surface area contributed by atoms with Gasteiger partial charge in [-0.3, -0.25) is 18.8 Å². The lowest BCUT2D eigenvalue weighted by Crippen LogP contribution is -2.68. The quantitative estimate of drug-likeness (QED) is 0.0296. The molecule has 1 aliphatic rings. The summed E-state index contributed by atoms with van der Waals surface area (Å²) in [5.41, 5.74) is 17.7.